The summed E-state index contributed by atoms with van der Waals surface area (Å²) >= 11 is 0. The van der Waals surface area contributed by atoms with E-state index in [1.165, 1.54) is 30.7 Å². The molecule has 29 heavy (non-hydrogen) atoms. The van der Waals surface area contributed by atoms with Gasteiger partial charge in [0.05, 0.1) is 19.1 Å². The van der Waals surface area contributed by atoms with Gasteiger partial charge in [-0.25, -0.2) is 8.42 Å². The lowest BCUT2D eigenvalue weighted by Gasteiger charge is -2.36. The van der Waals surface area contributed by atoms with Crippen LogP contribution in [0.1, 0.15) is 21.5 Å². The van der Waals surface area contributed by atoms with Crippen molar-refractivity contribution in [1.82, 2.24) is 4.31 Å². The van der Waals surface area contributed by atoms with E-state index in [1.807, 2.05) is 26.0 Å². The minimum absolute atomic E-state index is 0.186. The fourth-order valence-corrected chi connectivity index (χ4v) is 5.02. The van der Waals surface area contributed by atoms with E-state index in [0.717, 1.165) is 23.1 Å². The van der Waals surface area contributed by atoms with Crippen LogP contribution in [0.5, 0.6) is 11.5 Å². The van der Waals surface area contributed by atoms with Crippen molar-refractivity contribution in [2.75, 3.05) is 45.3 Å². The van der Waals surface area contributed by atoms with Crippen LogP contribution in [0.2, 0.25) is 0 Å². The van der Waals surface area contributed by atoms with Crippen LogP contribution in [-0.2, 0) is 10.0 Å². The Labute approximate surface area is 171 Å². The van der Waals surface area contributed by atoms with Gasteiger partial charge in [0.25, 0.3) is 0 Å². The zero-order valence-electron chi connectivity index (χ0n) is 17.1. The molecule has 1 aliphatic heterocycles. The second-order valence-electron chi connectivity index (χ2n) is 7.02. The van der Waals surface area contributed by atoms with Gasteiger partial charge in [0.2, 0.25) is 10.0 Å². The van der Waals surface area contributed by atoms with Crippen LogP contribution in [0.3, 0.4) is 0 Å². The highest BCUT2D eigenvalue weighted by Gasteiger charge is 2.30. The Bertz CT molecular complexity index is 1010. The first-order valence-electron chi connectivity index (χ1n) is 9.35. The molecule has 0 atom stereocenters. The predicted molar refractivity (Wildman–Crippen MR) is 112 cm³/mol. The van der Waals surface area contributed by atoms with Gasteiger partial charge in [0.1, 0.15) is 6.29 Å². The summed E-state index contributed by atoms with van der Waals surface area (Å²) in [5.41, 5.74) is 3.65. The molecule has 156 valence electrons. The van der Waals surface area contributed by atoms with Crippen LogP contribution >= 0.6 is 0 Å². The van der Waals surface area contributed by atoms with E-state index in [1.54, 1.807) is 6.07 Å². The molecule has 1 fully saturated rings. The third kappa shape index (κ3) is 4.09. The number of rotatable bonds is 6. The first-order valence-corrected chi connectivity index (χ1v) is 10.8. The van der Waals surface area contributed by atoms with Crippen molar-refractivity contribution in [3.05, 3.63) is 47.0 Å². The van der Waals surface area contributed by atoms with Crippen LogP contribution in [0, 0.1) is 13.8 Å². The Morgan fingerprint density at radius 1 is 0.897 bits per heavy atom. The number of nitrogens with zero attached hydrogens (tertiary/aromatic N) is 2. The van der Waals surface area contributed by atoms with Crippen molar-refractivity contribution in [3.8, 4) is 11.5 Å². The monoisotopic (exact) mass is 418 g/mol. The summed E-state index contributed by atoms with van der Waals surface area (Å²) in [5, 5.41) is 0. The maximum atomic E-state index is 13.1. The Balaban J connectivity index is 1.78. The standard InChI is InChI=1S/C21H26N2O5S/c1-15-12-19(16(2)11-17(15)14-24)22-7-9-23(10-8-22)29(25,26)18-5-6-20(27-3)21(13-18)28-4/h5-6,11-14H,7-10H2,1-4H3. The van der Waals surface area contributed by atoms with Crippen molar-refractivity contribution in [3.63, 3.8) is 0 Å². The number of methoxy groups -OCH3 is 2. The van der Waals surface area contributed by atoms with Gasteiger partial charge >= 0.3 is 0 Å². The molecule has 3 rings (SSSR count). The van der Waals surface area contributed by atoms with Crippen molar-refractivity contribution in [1.29, 1.82) is 0 Å². The number of hydrogen-bond donors (Lipinski definition) is 0. The molecule has 0 amide bonds. The molecule has 2 aromatic carbocycles. The summed E-state index contributed by atoms with van der Waals surface area (Å²) in [4.78, 5) is 13.5. The van der Waals surface area contributed by atoms with Crippen LogP contribution in [0.15, 0.2) is 35.2 Å². The minimum atomic E-state index is -3.63. The summed E-state index contributed by atoms with van der Waals surface area (Å²) in [6.45, 7) is 5.79. The molecule has 0 unspecified atom stereocenters. The lowest BCUT2D eigenvalue weighted by Crippen LogP contribution is -2.48. The highest BCUT2D eigenvalue weighted by atomic mass is 32.2. The summed E-state index contributed by atoms with van der Waals surface area (Å²) in [6.07, 6.45) is 0.861. The maximum absolute atomic E-state index is 13.1. The number of hydrogen-bond acceptors (Lipinski definition) is 6. The van der Waals surface area contributed by atoms with E-state index in [-0.39, 0.29) is 4.90 Å². The number of benzene rings is 2. The number of aldehydes is 1. The van der Waals surface area contributed by atoms with E-state index < -0.39 is 10.0 Å². The van der Waals surface area contributed by atoms with Gasteiger partial charge in [-0.15, -0.1) is 0 Å². The van der Waals surface area contributed by atoms with Crippen LogP contribution < -0.4 is 14.4 Å². The number of ether oxygens (including phenoxy) is 2. The van der Waals surface area contributed by atoms with Crippen molar-refractivity contribution in [2.24, 2.45) is 0 Å². The molecule has 1 saturated heterocycles. The first-order chi connectivity index (χ1) is 13.8. The number of carbonyl (C=O) groups is 1. The summed E-state index contributed by atoms with van der Waals surface area (Å²) in [6, 6.07) is 8.51. The van der Waals surface area contributed by atoms with Crippen LogP contribution in [0.25, 0.3) is 0 Å². The number of sulfonamides is 1. The molecule has 0 spiro atoms. The van der Waals surface area contributed by atoms with Gasteiger partial charge in [-0.1, -0.05) is 0 Å². The van der Waals surface area contributed by atoms with E-state index in [0.29, 0.717) is 43.2 Å². The van der Waals surface area contributed by atoms with Gasteiger partial charge in [-0.2, -0.15) is 4.31 Å². The largest absolute Gasteiger partial charge is 0.493 e. The average Bonchev–Trinajstić information content (AvgIpc) is 2.74. The fraction of sp³-hybridized carbons (Fsp3) is 0.381. The zero-order chi connectivity index (χ0) is 21.2. The van der Waals surface area contributed by atoms with Crippen molar-refractivity contribution >= 4 is 22.0 Å². The predicted octanol–water partition coefficient (Wildman–Crippen LogP) is 2.64. The SMILES string of the molecule is COc1ccc(S(=O)(=O)N2CCN(c3cc(C)c(C=O)cc3C)CC2)cc1OC. The van der Waals surface area contributed by atoms with Gasteiger partial charge in [0.15, 0.2) is 11.5 Å². The molecule has 0 saturated carbocycles. The molecule has 1 aliphatic rings. The average molecular weight is 419 g/mol. The van der Waals surface area contributed by atoms with E-state index >= 15 is 0 Å². The quantitative estimate of drug-likeness (QED) is 0.672. The summed E-state index contributed by atoms with van der Waals surface area (Å²) < 4.78 is 38.1. The molecule has 0 aromatic heterocycles. The molecular weight excluding hydrogens is 392 g/mol. The number of carbonyl (C=O) groups excluding carboxylic acids is 1. The van der Waals surface area contributed by atoms with Gasteiger partial charge in [-0.3, -0.25) is 4.79 Å². The maximum Gasteiger partial charge on any atom is 0.243 e. The third-order valence-electron chi connectivity index (χ3n) is 5.28. The highest BCUT2D eigenvalue weighted by molar-refractivity contribution is 7.89. The molecule has 8 heteroatoms. The number of piperazine rings is 1. The molecular formula is C21H26N2O5S. The van der Waals surface area contributed by atoms with Crippen molar-refractivity contribution in [2.45, 2.75) is 18.7 Å². The molecule has 0 aliphatic carbocycles. The lowest BCUT2D eigenvalue weighted by atomic mass is 10.0. The highest BCUT2D eigenvalue weighted by Crippen LogP contribution is 2.31. The van der Waals surface area contributed by atoms with Crippen LogP contribution in [-0.4, -0.2) is 59.4 Å². The minimum Gasteiger partial charge on any atom is -0.493 e. The zero-order valence-corrected chi connectivity index (χ0v) is 18.0. The third-order valence-corrected chi connectivity index (χ3v) is 7.18. The second kappa shape index (κ2) is 8.42. The Morgan fingerprint density at radius 3 is 2.14 bits per heavy atom. The van der Waals surface area contributed by atoms with Crippen molar-refractivity contribution < 1.29 is 22.7 Å². The van der Waals surface area contributed by atoms with E-state index in [2.05, 4.69) is 4.90 Å². The van der Waals surface area contributed by atoms with E-state index in [4.69, 9.17) is 9.47 Å². The molecule has 0 N–H and O–H groups in total. The normalized spacial score (nSPS) is 15.2. The number of aryl methyl sites for hydroxylation is 2. The fourth-order valence-electron chi connectivity index (χ4n) is 3.59. The topological polar surface area (TPSA) is 76.2 Å². The Morgan fingerprint density at radius 2 is 1.55 bits per heavy atom. The van der Waals surface area contributed by atoms with Gasteiger partial charge in [0, 0.05) is 43.5 Å². The Hall–Kier alpha value is -2.58. The van der Waals surface area contributed by atoms with E-state index in [9.17, 15) is 13.2 Å². The smallest absolute Gasteiger partial charge is 0.243 e. The summed E-state index contributed by atoms with van der Waals surface area (Å²) in [7, 11) is -0.639. The van der Waals surface area contributed by atoms with Crippen LogP contribution in [0.4, 0.5) is 5.69 Å². The second-order valence-corrected chi connectivity index (χ2v) is 8.96. The van der Waals surface area contributed by atoms with Gasteiger partial charge in [-0.05, 0) is 49.2 Å². The molecule has 0 bridgehead atoms. The molecule has 2 aromatic rings. The lowest BCUT2D eigenvalue weighted by molar-refractivity contribution is 0.112. The first kappa shape index (κ1) is 21.1. The van der Waals surface area contributed by atoms with Gasteiger partial charge < -0.3 is 14.4 Å². The molecule has 0 radical (unpaired) electrons. The molecule has 7 nitrogen and oxygen atoms in total. The summed E-state index contributed by atoms with van der Waals surface area (Å²) in [5.74, 6) is 0.870. The molecule has 1 heterocycles. The number of anilines is 1. The Kier molecular flexibility index (Phi) is 6.14.